The molecule has 2 saturated heterocycles. The van der Waals surface area contributed by atoms with Crippen molar-refractivity contribution in [2.24, 2.45) is 5.92 Å². The summed E-state index contributed by atoms with van der Waals surface area (Å²) in [7, 11) is 0. The first-order valence-electron chi connectivity index (χ1n) is 4.22. The van der Waals surface area contributed by atoms with Crippen LogP contribution in [0.15, 0.2) is 0 Å². The molecule has 0 radical (unpaired) electrons. The van der Waals surface area contributed by atoms with Crippen LogP contribution < -0.4 is 0 Å². The van der Waals surface area contributed by atoms with Gasteiger partial charge in [-0.2, -0.15) is 0 Å². The minimum atomic E-state index is -0.754. The molecule has 2 rings (SSSR count). The van der Waals surface area contributed by atoms with Crippen molar-refractivity contribution in [1.29, 1.82) is 0 Å². The van der Waals surface area contributed by atoms with Gasteiger partial charge in [0, 0.05) is 0 Å². The van der Waals surface area contributed by atoms with E-state index in [9.17, 15) is 14.7 Å². The van der Waals surface area contributed by atoms with Crippen molar-refractivity contribution in [3.63, 3.8) is 0 Å². The number of fused-ring (bicyclic) bond motifs is 1. The van der Waals surface area contributed by atoms with E-state index in [-0.39, 0.29) is 25.0 Å². The second kappa shape index (κ2) is 2.78. The number of nitrogens with zero attached hydrogens (tertiary/aromatic N) is 1. The molecule has 2 fully saturated rings. The Hall–Kier alpha value is -0.940. The van der Waals surface area contributed by atoms with Crippen molar-refractivity contribution in [3.05, 3.63) is 0 Å². The maximum atomic E-state index is 11.3. The van der Waals surface area contributed by atoms with Crippen molar-refractivity contribution in [2.75, 3.05) is 13.3 Å². The molecule has 5 nitrogen and oxygen atoms in total. The minimum Gasteiger partial charge on any atom is -0.392 e. The summed E-state index contributed by atoms with van der Waals surface area (Å²) in [5, 5.41) is 9.26. The van der Waals surface area contributed by atoms with Crippen molar-refractivity contribution in [1.82, 2.24) is 4.90 Å². The predicted octanol–water partition coefficient (Wildman–Crippen LogP) is -1.25. The summed E-state index contributed by atoms with van der Waals surface area (Å²) in [5.74, 6) is -0.846. The van der Waals surface area contributed by atoms with Crippen LogP contribution in [0, 0.1) is 5.92 Å². The monoisotopic (exact) mass is 185 g/mol. The Labute approximate surface area is 75.3 Å². The van der Waals surface area contributed by atoms with E-state index >= 15 is 0 Å². The van der Waals surface area contributed by atoms with Gasteiger partial charge < -0.3 is 14.7 Å². The van der Waals surface area contributed by atoms with Crippen LogP contribution in [0.4, 0.5) is 0 Å². The lowest BCUT2D eigenvalue weighted by molar-refractivity contribution is -0.190. The van der Waals surface area contributed by atoms with Crippen molar-refractivity contribution in [3.8, 4) is 0 Å². The Morgan fingerprint density at radius 2 is 2.31 bits per heavy atom. The molecule has 1 amide bonds. The smallest absolute Gasteiger partial charge is 0.233 e. The van der Waals surface area contributed by atoms with Gasteiger partial charge in [0.2, 0.25) is 5.91 Å². The third-order valence-electron chi connectivity index (χ3n) is 2.57. The fraction of sp³-hybridized carbons (Fsp3) is 0.750. The third-order valence-corrected chi connectivity index (χ3v) is 2.57. The maximum Gasteiger partial charge on any atom is 0.233 e. The molecule has 0 saturated carbocycles. The van der Waals surface area contributed by atoms with Crippen molar-refractivity contribution < 1.29 is 19.4 Å². The highest BCUT2D eigenvalue weighted by Gasteiger charge is 2.54. The lowest BCUT2D eigenvalue weighted by Crippen LogP contribution is -2.70. The van der Waals surface area contributed by atoms with Gasteiger partial charge in [0.25, 0.3) is 0 Å². The van der Waals surface area contributed by atoms with Crippen LogP contribution in [0.5, 0.6) is 0 Å². The van der Waals surface area contributed by atoms with Crippen molar-refractivity contribution >= 4 is 11.7 Å². The number of hydrogen-bond acceptors (Lipinski definition) is 4. The van der Waals surface area contributed by atoms with Crippen LogP contribution in [0.25, 0.3) is 0 Å². The first-order valence-corrected chi connectivity index (χ1v) is 4.22. The van der Waals surface area contributed by atoms with Gasteiger partial charge in [-0.3, -0.25) is 9.59 Å². The molecule has 5 heteroatoms. The topological polar surface area (TPSA) is 66.8 Å². The maximum absolute atomic E-state index is 11.3. The summed E-state index contributed by atoms with van der Waals surface area (Å²) >= 11 is 0. The van der Waals surface area contributed by atoms with E-state index in [2.05, 4.69) is 0 Å². The fourth-order valence-electron chi connectivity index (χ4n) is 1.89. The Morgan fingerprint density at radius 1 is 1.62 bits per heavy atom. The zero-order valence-corrected chi connectivity index (χ0v) is 7.27. The molecule has 1 N–H and O–H groups in total. The Bertz CT molecular complexity index is 263. The van der Waals surface area contributed by atoms with E-state index in [1.54, 1.807) is 0 Å². The van der Waals surface area contributed by atoms with Gasteiger partial charge >= 0.3 is 0 Å². The van der Waals surface area contributed by atoms with Gasteiger partial charge in [-0.1, -0.05) is 0 Å². The van der Waals surface area contributed by atoms with Gasteiger partial charge in [-0.25, -0.2) is 0 Å². The highest BCUT2D eigenvalue weighted by atomic mass is 16.5. The van der Waals surface area contributed by atoms with E-state index in [1.165, 1.54) is 11.8 Å². The second-order valence-electron chi connectivity index (χ2n) is 3.46. The zero-order chi connectivity index (χ0) is 9.59. The Morgan fingerprint density at radius 3 is 2.92 bits per heavy atom. The highest BCUT2D eigenvalue weighted by molar-refractivity contribution is 6.01. The number of amides is 1. The number of aliphatic hydroxyl groups is 1. The normalized spacial score (nSPS) is 35.4. The van der Waals surface area contributed by atoms with Crippen LogP contribution in [-0.2, 0) is 14.3 Å². The van der Waals surface area contributed by atoms with Crippen LogP contribution >= 0.6 is 0 Å². The third kappa shape index (κ3) is 1.08. The fourth-order valence-corrected chi connectivity index (χ4v) is 1.89. The van der Waals surface area contributed by atoms with Crippen LogP contribution in [-0.4, -0.2) is 47.2 Å². The molecule has 0 aromatic carbocycles. The van der Waals surface area contributed by atoms with Crippen molar-refractivity contribution in [2.45, 2.75) is 19.1 Å². The molecule has 0 bridgehead atoms. The van der Waals surface area contributed by atoms with E-state index in [0.29, 0.717) is 0 Å². The van der Waals surface area contributed by atoms with Gasteiger partial charge in [0.1, 0.15) is 19.4 Å². The first kappa shape index (κ1) is 8.65. The van der Waals surface area contributed by atoms with E-state index < -0.39 is 18.1 Å². The largest absolute Gasteiger partial charge is 0.392 e. The molecular formula is C8H11NO4. The van der Waals surface area contributed by atoms with Gasteiger partial charge in [-0.05, 0) is 6.92 Å². The lowest BCUT2D eigenvalue weighted by Gasteiger charge is -2.49. The van der Waals surface area contributed by atoms with E-state index in [1.807, 2.05) is 0 Å². The summed E-state index contributed by atoms with van der Waals surface area (Å²) in [6.07, 6.45) is -0.754. The highest BCUT2D eigenvalue weighted by Crippen LogP contribution is 2.32. The molecule has 0 aromatic heterocycles. The summed E-state index contributed by atoms with van der Waals surface area (Å²) < 4.78 is 4.89. The first-order chi connectivity index (χ1) is 6.13. The molecule has 0 aliphatic carbocycles. The summed E-state index contributed by atoms with van der Waals surface area (Å²) in [6.45, 7) is 1.76. The molecular weight excluding hydrogens is 174 g/mol. The zero-order valence-electron chi connectivity index (χ0n) is 7.27. The number of Topliss-reactive ketones (excluding diaryl/α,β-unsaturated/α-hetero) is 1. The van der Waals surface area contributed by atoms with E-state index in [0.717, 1.165) is 0 Å². The molecule has 2 aliphatic heterocycles. The molecule has 13 heavy (non-hydrogen) atoms. The molecule has 0 aromatic rings. The average molecular weight is 185 g/mol. The molecule has 72 valence electrons. The lowest BCUT2D eigenvalue weighted by atomic mass is 9.81. The molecule has 2 aliphatic rings. The number of aliphatic hydroxyl groups excluding tert-OH is 1. The summed E-state index contributed by atoms with van der Waals surface area (Å²) in [4.78, 5) is 24.0. The van der Waals surface area contributed by atoms with Gasteiger partial charge in [0.15, 0.2) is 5.78 Å². The number of β-lactam (4-membered cyclic amide) rings is 1. The summed E-state index contributed by atoms with van der Waals surface area (Å²) in [6, 6.07) is -0.443. The second-order valence-corrected chi connectivity index (χ2v) is 3.46. The predicted molar refractivity (Wildman–Crippen MR) is 41.6 cm³/mol. The number of hydrogen-bond donors (Lipinski definition) is 1. The average Bonchev–Trinajstić information content (AvgIpc) is 2.05. The number of ether oxygens (including phenoxy) is 1. The van der Waals surface area contributed by atoms with Gasteiger partial charge in [-0.15, -0.1) is 0 Å². The minimum absolute atomic E-state index is 0.0532. The molecule has 3 atom stereocenters. The SMILES string of the molecule is C[C@@H](O)[C@H]1C(=O)N2COCC(=O)[C@H]12. The van der Waals surface area contributed by atoms with E-state index in [4.69, 9.17) is 4.74 Å². The summed E-state index contributed by atoms with van der Waals surface area (Å²) in [5.41, 5.74) is 0. The number of ketones is 1. The molecule has 2 heterocycles. The Kier molecular flexibility index (Phi) is 1.85. The van der Waals surface area contributed by atoms with Crippen LogP contribution in [0.2, 0.25) is 0 Å². The number of carbonyl (C=O) groups excluding carboxylic acids is 2. The Balaban J connectivity index is 2.16. The van der Waals surface area contributed by atoms with Crippen LogP contribution in [0.1, 0.15) is 6.92 Å². The van der Waals surface area contributed by atoms with Gasteiger partial charge in [0.05, 0.1) is 12.0 Å². The quantitative estimate of drug-likeness (QED) is 0.518. The number of carbonyl (C=O) groups is 2. The van der Waals surface area contributed by atoms with Crippen LogP contribution in [0.3, 0.4) is 0 Å². The standard InChI is InChI=1S/C8H11NO4/c1-4(10)6-7-5(11)2-13-3-9(7)8(6)12/h4,6-7,10H,2-3H2,1H3/t4-,6-,7-/m1/s1. The molecule has 0 unspecified atom stereocenters. The number of rotatable bonds is 1. The molecule has 0 spiro atoms.